The maximum absolute atomic E-state index is 13.5. The number of piperidine rings is 1. The van der Waals surface area contributed by atoms with E-state index in [1.54, 1.807) is 18.2 Å². The summed E-state index contributed by atoms with van der Waals surface area (Å²) in [5, 5.41) is 6.65. The Morgan fingerprint density at radius 1 is 1.19 bits per heavy atom. The molecule has 0 radical (unpaired) electrons. The van der Waals surface area contributed by atoms with Gasteiger partial charge in [-0.1, -0.05) is 11.6 Å². The molecule has 1 aliphatic rings. The van der Waals surface area contributed by atoms with E-state index in [1.165, 1.54) is 38.1 Å². The van der Waals surface area contributed by atoms with Gasteiger partial charge in [0, 0.05) is 42.5 Å². The third kappa shape index (κ3) is 5.08. The van der Waals surface area contributed by atoms with Gasteiger partial charge in [-0.25, -0.2) is 14.4 Å². The third-order valence-corrected chi connectivity index (χ3v) is 5.51. The number of likely N-dealkylation sites (tertiary alicyclic amines) is 1. The Morgan fingerprint density at radius 3 is 2.75 bits per heavy atom. The van der Waals surface area contributed by atoms with Crippen LogP contribution >= 0.6 is 11.6 Å². The molecule has 1 saturated heterocycles. The predicted octanol–water partition coefficient (Wildman–Crippen LogP) is 5.11. The van der Waals surface area contributed by atoms with E-state index in [9.17, 15) is 9.18 Å². The lowest BCUT2D eigenvalue weighted by Crippen LogP contribution is -2.24. The molecule has 32 heavy (non-hydrogen) atoms. The second-order valence-corrected chi connectivity index (χ2v) is 7.85. The van der Waals surface area contributed by atoms with E-state index in [1.807, 2.05) is 6.20 Å². The number of halogens is 2. The molecule has 1 aromatic heterocycles. The number of nitrogens with one attached hydrogen (secondary N) is 2. The maximum atomic E-state index is 13.5. The van der Waals surface area contributed by atoms with E-state index in [-0.39, 0.29) is 10.9 Å². The summed E-state index contributed by atoms with van der Waals surface area (Å²) in [6.07, 6.45) is 8.27. The molecule has 4 rings (SSSR count). The number of fused-ring (bicyclic) bond motifs is 1. The van der Waals surface area contributed by atoms with Gasteiger partial charge in [0.15, 0.2) is 0 Å². The summed E-state index contributed by atoms with van der Waals surface area (Å²) in [5.41, 5.74) is 1.68. The smallest absolute Gasteiger partial charge is 0.249 e. The molecule has 2 N–H and O–H groups in total. The molecule has 2 aromatic carbocycles. The molecular weight excluding hydrogens is 433 g/mol. The Morgan fingerprint density at radius 2 is 2.00 bits per heavy atom. The Labute approximate surface area is 190 Å². The van der Waals surface area contributed by atoms with Crippen LogP contribution in [0.25, 0.3) is 10.9 Å². The summed E-state index contributed by atoms with van der Waals surface area (Å²) >= 11 is 5.88. The number of ether oxygens (including phenoxy) is 1. The summed E-state index contributed by atoms with van der Waals surface area (Å²) in [7, 11) is 1.53. The summed E-state index contributed by atoms with van der Waals surface area (Å²) in [6, 6.07) is 7.78. The third-order valence-electron chi connectivity index (χ3n) is 5.22. The second-order valence-electron chi connectivity index (χ2n) is 7.45. The topological polar surface area (TPSA) is 79.4 Å². The Balaban J connectivity index is 1.60. The fourth-order valence-electron chi connectivity index (χ4n) is 3.58. The van der Waals surface area contributed by atoms with Crippen molar-refractivity contribution in [3.63, 3.8) is 0 Å². The minimum absolute atomic E-state index is 0.00322. The van der Waals surface area contributed by atoms with Crippen LogP contribution in [-0.4, -0.2) is 41.0 Å². The molecule has 166 valence electrons. The molecule has 2 heterocycles. The number of rotatable bonds is 6. The molecule has 0 spiro atoms. The SMILES string of the molecule is COc1cc2ncnc(Nc3ccc(F)c(Cl)c3)c2cc1NC(=O)C=CN1CCCCC1. The van der Waals surface area contributed by atoms with Crippen molar-refractivity contribution < 1.29 is 13.9 Å². The van der Waals surface area contributed by atoms with E-state index in [0.717, 1.165) is 25.9 Å². The Hall–Kier alpha value is -3.39. The molecular formula is C23H23ClFN5O2. The van der Waals surface area contributed by atoms with Crippen LogP contribution in [0.5, 0.6) is 5.75 Å². The van der Waals surface area contributed by atoms with Crippen LogP contribution in [0, 0.1) is 5.82 Å². The average molecular weight is 456 g/mol. The van der Waals surface area contributed by atoms with Crippen molar-refractivity contribution in [3.8, 4) is 5.75 Å². The number of nitrogens with zero attached hydrogens (tertiary/aromatic N) is 3. The molecule has 0 atom stereocenters. The van der Waals surface area contributed by atoms with Crippen molar-refractivity contribution in [2.45, 2.75) is 19.3 Å². The lowest BCUT2D eigenvalue weighted by atomic mass is 10.1. The quantitative estimate of drug-likeness (QED) is 0.503. The number of benzene rings is 2. The van der Waals surface area contributed by atoms with Gasteiger partial charge in [0.2, 0.25) is 5.91 Å². The van der Waals surface area contributed by atoms with E-state index in [2.05, 4.69) is 25.5 Å². The first-order valence-electron chi connectivity index (χ1n) is 10.3. The number of carbonyl (C=O) groups excluding carboxylic acids is 1. The number of methoxy groups -OCH3 is 1. The van der Waals surface area contributed by atoms with Gasteiger partial charge in [0.05, 0.1) is 23.3 Å². The van der Waals surface area contributed by atoms with E-state index in [0.29, 0.717) is 33.8 Å². The van der Waals surface area contributed by atoms with Crippen molar-refractivity contribution in [2.24, 2.45) is 0 Å². The summed E-state index contributed by atoms with van der Waals surface area (Å²) < 4.78 is 18.9. The molecule has 0 saturated carbocycles. The van der Waals surface area contributed by atoms with Crippen LogP contribution in [0.15, 0.2) is 48.9 Å². The molecule has 1 amide bonds. The Bertz CT molecular complexity index is 1160. The van der Waals surface area contributed by atoms with Crippen molar-refractivity contribution >= 4 is 45.6 Å². The highest BCUT2D eigenvalue weighted by atomic mass is 35.5. The lowest BCUT2D eigenvalue weighted by Gasteiger charge is -2.24. The molecule has 0 aliphatic carbocycles. The molecule has 3 aromatic rings. The minimum Gasteiger partial charge on any atom is -0.494 e. The number of carbonyl (C=O) groups is 1. The highest BCUT2D eigenvalue weighted by Crippen LogP contribution is 2.33. The number of hydrogen-bond donors (Lipinski definition) is 2. The fourth-order valence-corrected chi connectivity index (χ4v) is 3.76. The largest absolute Gasteiger partial charge is 0.494 e. The summed E-state index contributed by atoms with van der Waals surface area (Å²) in [5.74, 6) is 0.202. The normalized spacial score (nSPS) is 14.0. The zero-order valence-electron chi connectivity index (χ0n) is 17.6. The van der Waals surface area contributed by atoms with Gasteiger partial charge in [0.1, 0.15) is 23.7 Å². The van der Waals surface area contributed by atoms with Crippen LogP contribution in [0.4, 0.5) is 21.6 Å². The fraction of sp³-hybridized carbons (Fsp3) is 0.261. The number of amides is 1. The van der Waals surface area contributed by atoms with Crippen molar-refractivity contribution in [2.75, 3.05) is 30.8 Å². The van der Waals surface area contributed by atoms with Crippen molar-refractivity contribution in [3.05, 3.63) is 59.8 Å². The lowest BCUT2D eigenvalue weighted by molar-refractivity contribution is -0.112. The van der Waals surface area contributed by atoms with Crippen LogP contribution in [-0.2, 0) is 4.79 Å². The van der Waals surface area contributed by atoms with E-state index < -0.39 is 5.82 Å². The molecule has 1 fully saturated rings. The van der Waals surface area contributed by atoms with Gasteiger partial charge in [-0.15, -0.1) is 0 Å². The van der Waals surface area contributed by atoms with Crippen LogP contribution < -0.4 is 15.4 Å². The number of anilines is 3. The van der Waals surface area contributed by atoms with Crippen LogP contribution in [0.2, 0.25) is 5.02 Å². The molecule has 1 aliphatic heterocycles. The van der Waals surface area contributed by atoms with Gasteiger partial charge >= 0.3 is 0 Å². The van der Waals surface area contributed by atoms with Crippen molar-refractivity contribution in [1.82, 2.24) is 14.9 Å². The monoisotopic (exact) mass is 455 g/mol. The standard InChI is InChI=1S/C23H23ClFN5O2/c1-32-21-13-19-16(12-20(21)29-22(31)7-10-30-8-3-2-4-9-30)23(27-14-26-19)28-15-5-6-18(25)17(24)11-15/h5-7,10-14H,2-4,8-9H2,1H3,(H,29,31)(H,26,27,28). The van der Waals surface area contributed by atoms with Crippen molar-refractivity contribution in [1.29, 1.82) is 0 Å². The highest BCUT2D eigenvalue weighted by Gasteiger charge is 2.13. The average Bonchev–Trinajstić information content (AvgIpc) is 2.81. The molecule has 0 unspecified atom stereocenters. The van der Waals surface area contributed by atoms with Gasteiger partial charge in [-0.2, -0.15) is 0 Å². The first-order chi connectivity index (χ1) is 15.5. The van der Waals surface area contributed by atoms with Gasteiger partial charge in [0.25, 0.3) is 0 Å². The molecule has 9 heteroatoms. The number of aromatic nitrogens is 2. The van der Waals surface area contributed by atoms with E-state index in [4.69, 9.17) is 16.3 Å². The predicted molar refractivity (Wildman–Crippen MR) is 124 cm³/mol. The van der Waals surface area contributed by atoms with Gasteiger partial charge in [-0.05, 0) is 43.5 Å². The first-order valence-corrected chi connectivity index (χ1v) is 10.7. The van der Waals surface area contributed by atoms with Gasteiger partial charge < -0.3 is 20.3 Å². The summed E-state index contributed by atoms with van der Waals surface area (Å²) in [6.45, 7) is 1.92. The van der Waals surface area contributed by atoms with E-state index >= 15 is 0 Å². The van der Waals surface area contributed by atoms with Gasteiger partial charge in [-0.3, -0.25) is 4.79 Å². The molecule has 7 nitrogen and oxygen atoms in total. The Kier molecular flexibility index (Phi) is 6.70. The van der Waals surface area contributed by atoms with Crippen LogP contribution in [0.1, 0.15) is 19.3 Å². The highest BCUT2D eigenvalue weighted by molar-refractivity contribution is 6.31. The zero-order valence-corrected chi connectivity index (χ0v) is 18.3. The zero-order chi connectivity index (χ0) is 22.5. The first kappa shape index (κ1) is 21.8. The molecule has 0 bridgehead atoms. The maximum Gasteiger partial charge on any atom is 0.249 e. The second kappa shape index (κ2) is 9.82. The summed E-state index contributed by atoms with van der Waals surface area (Å²) in [4.78, 5) is 23.3. The van der Waals surface area contributed by atoms with Crippen LogP contribution in [0.3, 0.4) is 0 Å². The number of hydrogen-bond acceptors (Lipinski definition) is 6. The minimum atomic E-state index is -0.503.